The van der Waals surface area contributed by atoms with E-state index in [0.29, 0.717) is 26.1 Å². The van der Waals surface area contributed by atoms with Gasteiger partial charge in [-0.15, -0.1) is 0 Å². The van der Waals surface area contributed by atoms with E-state index < -0.39 is 0 Å². The van der Waals surface area contributed by atoms with E-state index in [4.69, 9.17) is 14.2 Å². The summed E-state index contributed by atoms with van der Waals surface area (Å²) in [5, 5.41) is 0. The minimum atomic E-state index is -0.210. The molecule has 0 radical (unpaired) electrons. The predicted molar refractivity (Wildman–Crippen MR) is 84.5 cm³/mol. The van der Waals surface area contributed by atoms with Crippen molar-refractivity contribution in [2.75, 3.05) is 41.0 Å². The average molecular weight is 360 g/mol. The molecule has 0 aliphatic heterocycles. The molecule has 0 saturated heterocycles. The second-order valence-electron chi connectivity index (χ2n) is 4.55. The van der Waals surface area contributed by atoms with Gasteiger partial charge < -0.3 is 14.2 Å². The van der Waals surface area contributed by atoms with Crippen LogP contribution in [0.15, 0.2) is 22.7 Å². The Morgan fingerprint density at radius 1 is 1.24 bits per heavy atom. The van der Waals surface area contributed by atoms with Crippen LogP contribution in [0.5, 0.6) is 5.75 Å². The second-order valence-corrected chi connectivity index (χ2v) is 5.47. The van der Waals surface area contributed by atoms with Gasteiger partial charge in [0.1, 0.15) is 5.75 Å². The van der Waals surface area contributed by atoms with Crippen LogP contribution in [0.4, 0.5) is 0 Å². The molecule has 0 saturated carbocycles. The first kappa shape index (κ1) is 17.9. The van der Waals surface area contributed by atoms with Gasteiger partial charge in [0.05, 0.1) is 27.2 Å². The van der Waals surface area contributed by atoms with Gasteiger partial charge in [0, 0.05) is 36.8 Å². The lowest BCUT2D eigenvalue weighted by molar-refractivity contribution is -0.141. The van der Waals surface area contributed by atoms with Crippen molar-refractivity contribution >= 4 is 21.9 Å². The van der Waals surface area contributed by atoms with Crippen molar-refractivity contribution in [3.05, 3.63) is 28.2 Å². The Morgan fingerprint density at radius 2 is 2.00 bits per heavy atom. The van der Waals surface area contributed by atoms with Crippen LogP contribution in [-0.2, 0) is 20.8 Å². The first-order chi connectivity index (χ1) is 10.1. The topological polar surface area (TPSA) is 48.0 Å². The molecule has 0 aliphatic rings. The minimum absolute atomic E-state index is 0.210. The quantitative estimate of drug-likeness (QED) is 0.634. The van der Waals surface area contributed by atoms with Gasteiger partial charge in [-0.05, 0) is 18.2 Å². The van der Waals surface area contributed by atoms with Crippen LogP contribution in [-0.4, -0.2) is 51.9 Å². The van der Waals surface area contributed by atoms with Gasteiger partial charge in [0.15, 0.2) is 0 Å². The summed E-state index contributed by atoms with van der Waals surface area (Å²) in [6, 6.07) is 5.89. The molecule has 21 heavy (non-hydrogen) atoms. The Balaban J connectivity index is 2.74. The maximum atomic E-state index is 11.3. The van der Waals surface area contributed by atoms with Gasteiger partial charge in [0.25, 0.3) is 0 Å². The molecular weight excluding hydrogens is 338 g/mol. The van der Waals surface area contributed by atoms with E-state index in [2.05, 4.69) is 20.8 Å². The fraction of sp³-hybridized carbons (Fsp3) is 0.533. The van der Waals surface area contributed by atoms with Gasteiger partial charge in [-0.3, -0.25) is 9.69 Å². The molecule has 0 heterocycles. The van der Waals surface area contributed by atoms with E-state index in [-0.39, 0.29) is 5.97 Å². The first-order valence-corrected chi connectivity index (χ1v) is 7.50. The van der Waals surface area contributed by atoms with Crippen molar-refractivity contribution in [3.8, 4) is 5.75 Å². The molecule has 0 spiro atoms. The molecule has 0 unspecified atom stereocenters. The number of rotatable bonds is 9. The van der Waals surface area contributed by atoms with E-state index in [1.807, 2.05) is 18.2 Å². The molecule has 1 aromatic rings. The molecule has 0 N–H and O–H groups in total. The van der Waals surface area contributed by atoms with Crippen molar-refractivity contribution in [1.29, 1.82) is 0 Å². The van der Waals surface area contributed by atoms with E-state index in [0.717, 1.165) is 22.3 Å². The monoisotopic (exact) mass is 359 g/mol. The SMILES string of the molecule is COCCN(CCC(=O)OC)Cc1cc(Br)ccc1OC. The third-order valence-corrected chi connectivity index (χ3v) is 3.60. The van der Waals surface area contributed by atoms with Crippen molar-refractivity contribution < 1.29 is 19.0 Å². The normalized spacial score (nSPS) is 10.7. The number of benzene rings is 1. The number of hydrogen-bond acceptors (Lipinski definition) is 5. The van der Waals surface area contributed by atoms with Crippen molar-refractivity contribution in [3.63, 3.8) is 0 Å². The van der Waals surface area contributed by atoms with Crippen molar-refractivity contribution in [1.82, 2.24) is 4.90 Å². The zero-order valence-corrected chi connectivity index (χ0v) is 14.3. The number of hydrogen-bond donors (Lipinski definition) is 0. The summed E-state index contributed by atoms with van der Waals surface area (Å²) < 4.78 is 16.2. The number of nitrogens with zero attached hydrogens (tertiary/aromatic N) is 1. The lowest BCUT2D eigenvalue weighted by atomic mass is 10.2. The smallest absolute Gasteiger partial charge is 0.306 e. The van der Waals surface area contributed by atoms with Gasteiger partial charge in [-0.25, -0.2) is 0 Å². The fourth-order valence-corrected chi connectivity index (χ4v) is 2.36. The Bertz CT molecular complexity index is 453. The van der Waals surface area contributed by atoms with Gasteiger partial charge in [0.2, 0.25) is 0 Å². The minimum Gasteiger partial charge on any atom is -0.496 e. The van der Waals surface area contributed by atoms with Gasteiger partial charge >= 0.3 is 5.97 Å². The van der Waals surface area contributed by atoms with Gasteiger partial charge in [-0.2, -0.15) is 0 Å². The molecule has 5 nitrogen and oxygen atoms in total. The Labute approximate surface area is 134 Å². The summed E-state index contributed by atoms with van der Waals surface area (Å²) in [4.78, 5) is 13.5. The van der Waals surface area contributed by atoms with E-state index >= 15 is 0 Å². The third kappa shape index (κ3) is 6.46. The molecule has 1 aromatic carbocycles. The largest absolute Gasteiger partial charge is 0.496 e. The van der Waals surface area contributed by atoms with Crippen molar-refractivity contribution in [2.24, 2.45) is 0 Å². The molecular formula is C15H22BrNO4. The van der Waals surface area contributed by atoms with Crippen LogP contribution in [0.3, 0.4) is 0 Å². The third-order valence-electron chi connectivity index (χ3n) is 3.11. The summed E-state index contributed by atoms with van der Waals surface area (Å²) in [6.07, 6.45) is 0.358. The van der Waals surface area contributed by atoms with Crippen LogP contribution in [0.25, 0.3) is 0 Å². The van der Waals surface area contributed by atoms with E-state index in [1.54, 1.807) is 14.2 Å². The number of methoxy groups -OCH3 is 3. The number of esters is 1. The summed E-state index contributed by atoms with van der Waals surface area (Å²) in [6.45, 7) is 2.65. The van der Waals surface area contributed by atoms with Crippen LogP contribution in [0, 0.1) is 0 Å². The number of carbonyl (C=O) groups excluding carboxylic acids is 1. The summed E-state index contributed by atoms with van der Waals surface area (Å²) in [7, 11) is 4.72. The Morgan fingerprint density at radius 3 is 2.62 bits per heavy atom. The number of halogens is 1. The maximum Gasteiger partial charge on any atom is 0.306 e. The number of carbonyl (C=O) groups is 1. The van der Waals surface area contributed by atoms with E-state index in [9.17, 15) is 4.79 Å². The summed E-state index contributed by atoms with van der Waals surface area (Å²) in [5.74, 6) is 0.623. The van der Waals surface area contributed by atoms with Crippen molar-refractivity contribution in [2.45, 2.75) is 13.0 Å². The lowest BCUT2D eigenvalue weighted by Crippen LogP contribution is -2.29. The highest BCUT2D eigenvalue weighted by Crippen LogP contribution is 2.24. The highest BCUT2D eigenvalue weighted by molar-refractivity contribution is 9.10. The highest BCUT2D eigenvalue weighted by atomic mass is 79.9. The summed E-state index contributed by atoms with van der Waals surface area (Å²) in [5.41, 5.74) is 1.06. The lowest BCUT2D eigenvalue weighted by Gasteiger charge is -2.22. The molecule has 0 amide bonds. The average Bonchev–Trinajstić information content (AvgIpc) is 2.49. The Kier molecular flexibility index (Phi) is 8.34. The molecule has 0 fully saturated rings. The molecule has 0 bridgehead atoms. The first-order valence-electron chi connectivity index (χ1n) is 6.71. The standard InChI is InChI=1S/C15H22BrNO4/c1-19-9-8-17(7-6-15(18)21-3)11-12-10-13(16)4-5-14(12)20-2/h4-5,10H,6-9,11H2,1-3H3. The second kappa shape index (κ2) is 9.76. The van der Waals surface area contributed by atoms with Crippen LogP contribution in [0.1, 0.15) is 12.0 Å². The van der Waals surface area contributed by atoms with Gasteiger partial charge in [-0.1, -0.05) is 15.9 Å². The molecule has 0 atom stereocenters. The molecule has 1 rings (SSSR count). The molecule has 118 valence electrons. The highest BCUT2D eigenvalue weighted by Gasteiger charge is 2.12. The van der Waals surface area contributed by atoms with Crippen LogP contribution < -0.4 is 4.74 Å². The zero-order chi connectivity index (χ0) is 15.7. The Hall–Kier alpha value is -1.11. The maximum absolute atomic E-state index is 11.3. The molecule has 0 aromatic heterocycles. The fourth-order valence-electron chi connectivity index (χ4n) is 1.95. The van der Waals surface area contributed by atoms with Crippen LogP contribution in [0.2, 0.25) is 0 Å². The molecule has 6 heteroatoms. The van der Waals surface area contributed by atoms with Crippen LogP contribution >= 0.6 is 15.9 Å². The predicted octanol–water partition coefficient (Wildman–Crippen LogP) is 2.47. The number of ether oxygens (including phenoxy) is 3. The molecule has 0 aliphatic carbocycles. The van der Waals surface area contributed by atoms with E-state index in [1.165, 1.54) is 7.11 Å². The summed E-state index contributed by atoms with van der Waals surface area (Å²) >= 11 is 3.47. The zero-order valence-electron chi connectivity index (χ0n) is 12.7.